The van der Waals surface area contributed by atoms with Crippen LogP contribution in [-0.2, 0) is 20.9 Å². The number of carbonyl (C=O) groups excluding carboxylic acids is 3. The summed E-state index contributed by atoms with van der Waals surface area (Å²) in [5.41, 5.74) is 1.69. The second-order valence-corrected chi connectivity index (χ2v) is 9.50. The number of hydrogen-bond acceptors (Lipinski definition) is 6. The van der Waals surface area contributed by atoms with Gasteiger partial charge in [0.1, 0.15) is 18.4 Å². The summed E-state index contributed by atoms with van der Waals surface area (Å²) in [6.45, 7) is 3.68. The van der Waals surface area contributed by atoms with Gasteiger partial charge in [-0.25, -0.2) is 4.79 Å². The minimum absolute atomic E-state index is 0.171. The van der Waals surface area contributed by atoms with E-state index in [1.165, 1.54) is 6.92 Å². The summed E-state index contributed by atoms with van der Waals surface area (Å²) in [6.07, 6.45) is 1.67. The van der Waals surface area contributed by atoms with Crippen LogP contribution in [0.25, 0.3) is 16.8 Å². The number of amides is 2. The van der Waals surface area contributed by atoms with E-state index < -0.39 is 23.2 Å². The maximum atomic E-state index is 13.1. The van der Waals surface area contributed by atoms with Crippen molar-refractivity contribution in [3.8, 4) is 5.75 Å². The second-order valence-electron chi connectivity index (χ2n) is 7.59. The molecule has 0 radical (unpaired) electrons. The van der Waals surface area contributed by atoms with Gasteiger partial charge in [-0.1, -0.05) is 58.4 Å². The number of esters is 1. The van der Waals surface area contributed by atoms with E-state index in [1.807, 2.05) is 60.7 Å². The third-order valence-corrected chi connectivity index (χ3v) is 6.76. The van der Waals surface area contributed by atoms with Gasteiger partial charge in [-0.2, -0.15) is 0 Å². The molecule has 0 unspecified atom stereocenters. The largest absolute Gasteiger partial charge is 0.488 e. The number of fused-ring (bicyclic) bond motifs is 1. The quantitative estimate of drug-likeness (QED) is 0.264. The molecule has 174 valence electrons. The molecule has 34 heavy (non-hydrogen) atoms. The molecular weight excluding hydrogens is 518 g/mol. The molecule has 1 heterocycles. The van der Waals surface area contributed by atoms with Crippen molar-refractivity contribution in [3.05, 3.63) is 81.2 Å². The molecule has 0 aliphatic carbocycles. The standard InChI is InChI=1S/C26H22BrNO5S/c1-3-32-25(30)16(2)28-24(29)23(34-26(28)31)14-21-20-7-5-4-6-18(20)10-13-22(21)33-15-17-8-11-19(27)12-9-17/h4-14,16H,3,15H2,1-2H3/b23-14+/t16-/m1/s1. The number of imide groups is 1. The average molecular weight is 540 g/mol. The van der Waals surface area contributed by atoms with Crippen LogP contribution in [0.3, 0.4) is 0 Å². The molecule has 1 aliphatic heterocycles. The molecule has 0 N–H and O–H groups in total. The number of nitrogens with zero attached hydrogens (tertiary/aromatic N) is 1. The van der Waals surface area contributed by atoms with Crippen molar-refractivity contribution in [3.63, 3.8) is 0 Å². The van der Waals surface area contributed by atoms with Gasteiger partial charge in [0.15, 0.2) is 0 Å². The Balaban J connectivity index is 1.69. The number of ether oxygens (including phenoxy) is 2. The van der Waals surface area contributed by atoms with Crippen LogP contribution in [0.15, 0.2) is 70.0 Å². The third kappa shape index (κ3) is 5.03. The van der Waals surface area contributed by atoms with Crippen LogP contribution < -0.4 is 4.74 Å². The van der Waals surface area contributed by atoms with E-state index in [2.05, 4.69) is 15.9 Å². The Bertz CT molecular complexity index is 1290. The summed E-state index contributed by atoms with van der Waals surface area (Å²) in [4.78, 5) is 39.0. The molecule has 3 aromatic rings. The topological polar surface area (TPSA) is 72.9 Å². The number of thioether (sulfide) groups is 1. The zero-order valence-electron chi connectivity index (χ0n) is 18.6. The lowest BCUT2D eigenvalue weighted by atomic mass is 10.0. The van der Waals surface area contributed by atoms with E-state index in [-0.39, 0.29) is 11.5 Å². The molecule has 1 atom stereocenters. The summed E-state index contributed by atoms with van der Waals surface area (Å²) in [7, 11) is 0. The second kappa shape index (κ2) is 10.4. The lowest BCUT2D eigenvalue weighted by molar-refractivity contribution is -0.150. The predicted molar refractivity (Wildman–Crippen MR) is 136 cm³/mol. The summed E-state index contributed by atoms with van der Waals surface area (Å²) < 4.78 is 12.1. The van der Waals surface area contributed by atoms with Gasteiger partial charge < -0.3 is 9.47 Å². The van der Waals surface area contributed by atoms with E-state index in [4.69, 9.17) is 9.47 Å². The van der Waals surface area contributed by atoms with Crippen molar-refractivity contribution in [2.24, 2.45) is 0 Å². The monoisotopic (exact) mass is 539 g/mol. The van der Waals surface area contributed by atoms with Crippen molar-refractivity contribution >= 4 is 61.7 Å². The highest BCUT2D eigenvalue weighted by Gasteiger charge is 2.41. The van der Waals surface area contributed by atoms with Gasteiger partial charge in [-0.15, -0.1) is 0 Å². The maximum absolute atomic E-state index is 13.1. The summed E-state index contributed by atoms with van der Waals surface area (Å²) in [5.74, 6) is -0.552. The van der Waals surface area contributed by atoms with E-state index >= 15 is 0 Å². The normalized spacial score (nSPS) is 15.7. The molecule has 0 spiro atoms. The lowest BCUT2D eigenvalue weighted by Gasteiger charge is -2.19. The van der Waals surface area contributed by atoms with Crippen molar-refractivity contribution in [2.45, 2.75) is 26.5 Å². The van der Waals surface area contributed by atoms with E-state index in [9.17, 15) is 14.4 Å². The lowest BCUT2D eigenvalue weighted by Crippen LogP contribution is -2.42. The van der Waals surface area contributed by atoms with Gasteiger partial charge in [-0.3, -0.25) is 14.5 Å². The Morgan fingerprint density at radius 2 is 1.82 bits per heavy atom. The van der Waals surface area contributed by atoms with E-state index in [1.54, 1.807) is 13.0 Å². The van der Waals surface area contributed by atoms with Crippen LogP contribution in [0.5, 0.6) is 5.75 Å². The first-order valence-corrected chi connectivity index (χ1v) is 12.3. The molecule has 6 nitrogen and oxygen atoms in total. The Morgan fingerprint density at radius 1 is 1.09 bits per heavy atom. The van der Waals surface area contributed by atoms with E-state index in [0.29, 0.717) is 17.9 Å². The fourth-order valence-electron chi connectivity index (χ4n) is 3.61. The van der Waals surface area contributed by atoms with Crippen LogP contribution in [0.4, 0.5) is 4.79 Å². The van der Waals surface area contributed by atoms with Gasteiger partial charge >= 0.3 is 5.97 Å². The molecule has 8 heteroatoms. The molecule has 4 rings (SSSR count). The highest BCUT2D eigenvalue weighted by atomic mass is 79.9. The molecule has 1 fully saturated rings. The minimum Gasteiger partial charge on any atom is -0.488 e. The van der Waals surface area contributed by atoms with E-state index in [0.717, 1.165) is 37.5 Å². The van der Waals surface area contributed by atoms with Crippen LogP contribution >= 0.6 is 27.7 Å². The maximum Gasteiger partial charge on any atom is 0.329 e. The minimum atomic E-state index is -1.00. The number of hydrogen-bond donors (Lipinski definition) is 0. The zero-order valence-corrected chi connectivity index (χ0v) is 21.0. The fourth-order valence-corrected chi connectivity index (χ4v) is 4.76. The molecular formula is C26H22BrNO5S. The number of carbonyl (C=O) groups is 3. The molecule has 0 saturated carbocycles. The Hall–Kier alpha value is -3.10. The zero-order chi connectivity index (χ0) is 24.2. The third-order valence-electron chi connectivity index (χ3n) is 5.35. The van der Waals surface area contributed by atoms with Gasteiger partial charge in [0.25, 0.3) is 11.1 Å². The van der Waals surface area contributed by atoms with Crippen molar-refractivity contribution < 1.29 is 23.9 Å². The number of halogens is 1. The highest BCUT2D eigenvalue weighted by Crippen LogP contribution is 2.38. The van der Waals surface area contributed by atoms with Crippen molar-refractivity contribution in [1.29, 1.82) is 0 Å². The predicted octanol–water partition coefficient (Wildman–Crippen LogP) is 6.17. The number of benzene rings is 3. The molecule has 0 bridgehead atoms. The van der Waals surface area contributed by atoms with Gasteiger partial charge in [0, 0.05) is 10.0 Å². The molecule has 0 aromatic heterocycles. The first kappa shape index (κ1) is 24.0. The SMILES string of the molecule is CCOC(=O)[C@@H](C)N1C(=O)S/C(=C/c2c(OCc3ccc(Br)cc3)ccc3ccccc23)C1=O. The van der Waals surface area contributed by atoms with Crippen LogP contribution in [-0.4, -0.2) is 34.7 Å². The van der Waals surface area contributed by atoms with Crippen molar-refractivity contribution in [2.75, 3.05) is 6.61 Å². The molecule has 1 saturated heterocycles. The first-order chi connectivity index (χ1) is 16.4. The average Bonchev–Trinajstić information content (AvgIpc) is 3.11. The summed E-state index contributed by atoms with van der Waals surface area (Å²) >= 11 is 4.23. The molecule has 1 aliphatic rings. The Labute approximate surface area is 210 Å². The van der Waals surface area contributed by atoms with Crippen LogP contribution in [0, 0.1) is 0 Å². The van der Waals surface area contributed by atoms with Crippen LogP contribution in [0.1, 0.15) is 25.0 Å². The number of rotatable bonds is 7. The molecule has 3 aromatic carbocycles. The summed E-state index contributed by atoms with van der Waals surface area (Å²) in [6, 6.07) is 18.4. The Morgan fingerprint density at radius 3 is 2.56 bits per heavy atom. The van der Waals surface area contributed by atoms with Gasteiger partial charge in [-0.05, 0) is 66.2 Å². The fraction of sp³-hybridized carbons (Fsp3) is 0.192. The van der Waals surface area contributed by atoms with Crippen LogP contribution in [0.2, 0.25) is 0 Å². The molecule has 2 amide bonds. The highest BCUT2D eigenvalue weighted by molar-refractivity contribution is 9.10. The first-order valence-electron chi connectivity index (χ1n) is 10.7. The smallest absolute Gasteiger partial charge is 0.329 e. The summed E-state index contributed by atoms with van der Waals surface area (Å²) in [5, 5.41) is 1.36. The van der Waals surface area contributed by atoms with Crippen molar-refractivity contribution in [1.82, 2.24) is 4.90 Å². The Kier molecular flexibility index (Phi) is 7.38. The van der Waals surface area contributed by atoms with Gasteiger partial charge in [0.05, 0.1) is 11.5 Å². The van der Waals surface area contributed by atoms with Gasteiger partial charge in [0.2, 0.25) is 0 Å².